The van der Waals surface area contributed by atoms with Crippen molar-refractivity contribution in [1.29, 1.82) is 0 Å². The van der Waals surface area contributed by atoms with Crippen LogP contribution >= 0.6 is 0 Å². The monoisotopic (exact) mass is 269 g/mol. The van der Waals surface area contributed by atoms with Crippen molar-refractivity contribution in [3.8, 4) is 0 Å². The van der Waals surface area contributed by atoms with Gasteiger partial charge in [-0.25, -0.2) is 0 Å². The molecule has 3 nitrogen and oxygen atoms in total. The molecule has 0 radical (unpaired) electrons. The lowest BCUT2D eigenvalue weighted by Crippen LogP contribution is -2.23. The molecule has 1 aromatic carbocycles. The highest BCUT2D eigenvalue weighted by Gasteiger charge is 2.10. The Morgan fingerprint density at radius 2 is 1.90 bits per heavy atom. The van der Waals surface area contributed by atoms with E-state index >= 15 is 0 Å². The van der Waals surface area contributed by atoms with E-state index in [2.05, 4.69) is 66.4 Å². The maximum Gasteiger partial charge on any atom is 0.0487 e. The van der Waals surface area contributed by atoms with Crippen molar-refractivity contribution >= 4 is 11.4 Å². The Morgan fingerprint density at radius 1 is 1.20 bits per heavy atom. The normalized spacial score (nSPS) is 10.8. The average molecular weight is 269 g/mol. The molecule has 0 fully saturated rings. The van der Waals surface area contributed by atoms with E-state index in [1.54, 1.807) is 0 Å². The summed E-state index contributed by atoms with van der Waals surface area (Å²) in [5.41, 5.74) is 4.65. The van der Waals surface area contributed by atoms with Gasteiger partial charge in [0.2, 0.25) is 0 Å². The molecular weight excluding hydrogens is 246 g/mol. The number of nitrogens with zero attached hydrogens (tertiary/aromatic N) is 2. The first-order valence-corrected chi connectivity index (χ1v) is 7.05. The Kier molecular flexibility index (Phi) is 4.74. The van der Waals surface area contributed by atoms with Gasteiger partial charge in [0.05, 0.1) is 0 Å². The van der Waals surface area contributed by atoms with Crippen LogP contribution in [0.5, 0.6) is 0 Å². The third-order valence-electron chi connectivity index (χ3n) is 3.30. The van der Waals surface area contributed by atoms with Crippen LogP contribution in [-0.2, 0) is 6.54 Å². The number of rotatable bonds is 5. The number of aromatic nitrogens is 1. The average Bonchev–Trinajstić information content (AvgIpc) is 2.46. The lowest BCUT2D eigenvalue weighted by Gasteiger charge is -2.23. The third-order valence-corrected chi connectivity index (χ3v) is 3.30. The Hall–Kier alpha value is -1.87. The molecule has 0 saturated heterocycles. The van der Waals surface area contributed by atoms with Crippen molar-refractivity contribution in [2.24, 2.45) is 0 Å². The molecule has 20 heavy (non-hydrogen) atoms. The number of nitrogens with one attached hydrogen (secondary N) is 1. The Labute approximate surface area is 121 Å². The molecule has 0 aliphatic heterocycles. The van der Waals surface area contributed by atoms with E-state index in [0.29, 0.717) is 6.04 Å². The summed E-state index contributed by atoms with van der Waals surface area (Å²) in [5.74, 6) is 0. The second-order valence-corrected chi connectivity index (χ2v) is 5.38. The highest BCUT2D eigenvalue weighted by molar-refractivity contribution is 5.65. The van der Waals surface area contributed by atoms with E-state index in [1.807, 2.05) is 19.2 Å². The first-order valence-electron chi connectivity index (χ1n) is 7.05. The van der Waals surface area contributed by atoms with E-state index in [4.69, 9.17) is 0 Å². The van der Waals surface area contributed by atoms with Crippen LogP contribution < -0.4 is 10.2 Å². The van der Waals surface area contributed by atoms with Crippen LogP contribution in [0.2, 0.25) is 0 Å². The molecule has 1 N–H and O–H groups in total. The van der Waals surface area contributed by atoms with Gasteiger partial charge >= 0.3 is 0 Å². The topological polar surface area (TPSA) is 28.2 Å². The molecule has 0 aliphatic carbocycles. The molecule has 0 unspecified atom stereocenters. The van der Waals surface area contributed by atoms with Crippen molar-refractivity contribution in [3.63, 3.8) is 0 Å². The van der Waals surface area contributed by atoms with Gasteiger partial charge in [0.1, 0.15) is 0 Å². The summed E-state index contributed by atoms with van der Waals surface area (Å²) in [4.78, 5) is 6.64. The predicted octanol–water partition coefficient (Wildman–Crippen LogP) is 3.66. The second kappa shape index (κ2) is 6.53. The highest BCUT2D eigenvalue weighted by Crippen LogP contribution is 2.27. The van der Waals surface area contributed by atoms with Gasteiger partial charge in [0, 0.05) is 48.5 Å². The number of aryl methyl sites for hydroxylation is 1. The Balaban J connectivity index is 2.31. The van der Waals surface area contributed by atoms with E-state index < -0.39 is 0 Å². The van der Waals surface area contributed by atoms with Crippen molar-refractivity contribution in [3.05, 3.63) is 53.9 Å². The van der Waals surface area contributed by atoms with Crippen LogP contribution in [0.4, 0.5) is 11.4 Å². The molecule has 0 saturated carbocycles. The van der Waals surface area contributed by atoms with E-state index in [1.165, 1.54) is 16.9 Å². The summed E-state index contributed by atoms with van der Waals surface area (Å²) in [5, 5.41) is 3.46. The first-order chi connectivity index (χ1) is 9.58. The summed E-state index contributed by atoms with van der Waals surface area (Å²) >= 11 is 0. The minimum Gasteiger partial charge on any atom is -0.344 e. The molecule has 0 atom stereocenters. The maximum absolute atomic E-state index is 4.43. The van der Waals surface area contributed by atoms with Gasteiger partial charge in [-0.2, -0.15) is 0 Å². The number of hydrogen-bond acceptors (Lipinski definition) is 3. The standard InChI is InChI=1S/C17H23N3/c1-13(2)18-11-15-12-19-14(3)10-17(15)20(4)16-8-6-5-7-9-16/h5-10,12-13,18H,11H2,1-4H3. The molecule has 0 bridgehead atoms. The van der Waals surface area contributed by atoms with Gasteiger partial charge in [-0.3, -0.25) is 4.98 Å². The SMILES string of the molecule is Cc1cc(N(C)c2ccccc2)c(CNC(C)C)cn1. The fourth-order valence-electron chi connectivity index (χ4n) is 2.13. The minimum absolute atomic E-state index is 0.464. The molecule has 1 aromatic heterocycles. The zero-order chi connectivity index (χ0) is 14.5. The summed E-state index contributed by atoms with van der Waals surface area (Å²) in [7, 11) is 2.10. The Bertz CT molecular complexity index is 549. The highest BCUT2D eigenvalue weighted by atomic mass is 15.1. The van der Waals surface area contributed by atoms with Gasteiger partial charge in [0.15, 0.2) is 0 Å². The predicted molar refractivity (Wildman–Crippen MR) is 85.5 cm³/mol. The van der Waals surface area contributed by atoms with Crippen LogP contribution in [0.3, 0.4) is 0 Å². The second-order valence-electron chi connectivity index (χ2n) is 5.38. The van der Waals surface area contributed by atoms with Crippen LogP contribution in [0.25, 0.3) is 0 Å². The van der Waals surface area contributed by atoms with Gasteiger partial charge in [0.25, 0.3) is 0 Å². The zero-order valence-corrected chi connectivity index (χ0v) is 12.7. The van der Waals surface area contributed by atoms with Crippen LogP contribution in [0.15, 0.2) is 42.6 Å². The van der Waals surface area contributed by atoms with Gasteiger partial charge < -0.3 is 10.2 Å². The molecule has 2 rings (SSSR count). The summed E-state index contributed by atoms with van der Waals surface area (Å²) < 4.78 is 0. The van der Waals surface area contributed by atoms with Crippen LogP contribution in [-0.4, -0.2) is 18.1 Å². The number of anilines is 2. The molecule has 106 valence electrons. The van der Waals surface area contributed by atoms with E-state index in [0.717, 1.165) is 12.2 Å². The quantitative estimate of drug-likeness (QED) is 0.898. The molecule has 3 heteroatoms. The third kappa shape index (κ3) is 3.58. The number of benzene rings is 1. The van der Waals surface area contributed by atoms with Gasteiger partial charge in [-0.15, -0.1) is 0 Å². The maximum atomic E-state index is 4.43. The van der Waals surface area contributed by atoms with Crippen molar-refractivity contribution in [2.75, 3.05) is 11.9 Å². The number of para-hydroxylation sites is 1. The van der Waals surface area contributed by atoms with Crippen molar-refractivity contribution in [2.45, 2.75) is 33.4 Å². The van der Waals surface area contributed by atoms with Crippen molar-refractivity contribution in [1.82, 2.24) is 10.3 Å². The smallest absolute Gasteiger partial charge is 0.0487 e. The summed E-state index contributed by atoms with van der Waals surface area (Å²) in [6.07, 6.45) is 1.97. The fraction of sp³-hybridized carbons (Fsp3) is 0.353. The summed E-state index contributed by atoms with van der Waals surface area (Å²) in [6, 6.07) is 13.0. The molecule has 2 aromatic rings. The van der Waals surface area contributed by atoms with Gasteiger partial charge in [-0.1, -0.05) is 32.0 Å². The molecule has 0 spiro atoms. The van der Waals surface area contributed by atoms with E-state index in [-0.39, 0.29) is 0 Å². The number of hydrogen-bond donors (Lipinski definition) is 1. The number of pyridine rings is 1. The largest absolute Gasteiger partial charge is 0.344 e. The minimum atomic E-state index is 0.464. The summed E-state index contributed by atoms with van der Waals surface area (Å²) in [6.45, 7) is 7.17. The van der Waals surface area contributed by atoms with E-state index in [9.17, 15) is 0 Å². The van der Waals surface area contributed by atoms with Crippen molar-refractivity contribution < 1.29 is 0 Å². The zero-order valence-electron chi connectivity index (χ0n) is 12.7. The fourth-order valence-corrected chi connectivity index (χ4v) is 2.13. The first kappa shape index (κ1) is 14.5. The Morgan fingerprint density at radius 3 is 2.55 bits per heavy atom. The van der Waals surface area contributed by atoms with Crippen LogP contribution in [0.1, 0.15) is 25.1 Å². The molecule has 0 amide bonds. The molecular formula is C17H23N3. The van der Waals surface area contributed by atoms with Gasteiger partial charge in [-0.05, 0) is 25.1 Å². The van der Waals surface area contributed by atoms with Crippen LogP contribution in [0, 0.1) is 6.92 Å². The lowest BCUT2D eigenvalue weighted by atomic mass is 10.1. The molecule has 0 aliphatic rings. The molecule has 1 heterocycles. The lowest BCUT2D eigenvalue weighted by molar-refractivity contribution is 0.588.